The number of hydrogen-bond acceptors (Lipinski definition) is 19. The first-order valence-corrected chi connectivity index (χ1v) is 27.2. The third kappa shape index (κ3) is 11.8. The first kappa shape index (κ1) is 52.5. The minimum Gasteiger partial charge on any atom is -0.395 e. The Balaban J connectivity index is 1.53. The quantitative estimate of drug-likeness (QED) is 0.0307. The maximum absolute atomic E-state index is 11.5. The molecular weight excluding hydrogens is 1330 g/mol. The first-order valence-electron chi connectivity index (χ1n) is 18.4. The molecule has 24 heteroatoms. The van der Waals surface area contributed by atoms with Crippen molar-refractivity contribution >= 4 is 110 Å². The van der Waals surface area contributed by atoms with E-state index in [0.29, 0.717) is 0 Å². The van der Waals surface area contributed by atoms with E-state index in [9.17, 15) is 66.4 Å². The fraction of sp³-hybridized carbons (Fsp3) is 1.00. The van der Waals surface area contributed by atoms with Gasteiger partial charge in [0.2, 0.25) is 0 Å². The molecule has 0 spiro atoms. The molecule has 24 atom stereocenters. The summed E-state index contributed by atoms with van der Waals surface area (Å²) in [6, 6.07) is 0. The van der Waals surface area contributed by atoms with Crippen molar-refractivity contribution in [2.45, 2.75) is 147 Å². The van der Waals surface area contributed by atoms with Crippen molar-refractivity contribution in [2.24, 2.45) is 11.8 Å². The van der Waals surface area contributed by atoms with Gasteiger partial charge in [0.15, 0.2) is 6.29 Å². The van der Waals surface area contributed by atoms with Crippen molar-refractivity contribution in [1.82, 2.24) is 0 Å². The average Bonchev–Trinajstić information content (AvgIpc) is 3.89. The van der Waals surface area contributed by atoms with Gasteiger partial charge in [-0.15, -0.1) is 0 Å². The normalized spacial score (nSPS) is 41.7. The molecule has 4 heterocycles. The predicted octanol–water partition coefficient (Wildman–Crippen LogP) is -3.11. The van der Waals surface area contributed by atoms with Crippen LogP contribution < -0.4 is 0 Å². The molecule has 13 N–H and O–H groups in total. The summed E-state index contributed by atoms with van der Waals surface area (Å²) in [4.78, 5) is 0. The molecule has 4 aliphatic heterocycles. The third-order valence-electron chi connectivity index (χ3n) is 11.0. The molecule has 0 amide bonds. The topological polar surface area (TPSA) is 318 Å². The number of hydrogen-bond donors (Lipinski definition) is 13. The number of aliphatic hydroxyl groups is 13. The molecule has 4 aliphatic rings. The van der Waals surface area contributed by atoms with Crippen LogP contribution in [-0.4, -0.2) is 225 Å². The van der Waals surface area contributed by atoms with Crippen LogP contribution in [-0.2, 0) is 28.4 Å². The van der Waals surface area contributed by atoms with E-state index in [-0.39, 0.29) is 30.9 Å². The van der Waals surface area contributed by atoms with Crippen molar-refractivity contribution in [3.63, 3.8) is 0 Å². The molecule has 19 nitrogen and oxygen atoms in total. The Morgan fingerprint density at radius 1 is 0.667 bits per heavy atom. The van der Waals surface area contributed by atoms with E-state index in [1.165, 1.54) is 0 Å². The molecule has 0 bridgehead atoms. The van der Waals surface area contributed by atoms with Crippen LogP contribution in [0.5, 0.6) is 0 Å². The van der Waals surface area contributed by atoms with Gasteiger partial charge < -0.3 is 30.6 Å². The Kier molecular flexibility index (Phi) is 21.5. The van der Waals surface area contributed by atoms with Crippen molar-refractivity contribution in [3.05, 3.63) is 0 Å². The second kappa shape index (κ2) is 23.4. The summed E-state index contributed by atoms with van der Waals surface area (Å²) < 4.78 is 34.2. The molecule has 4 rings (SSSR count). The average molecular weight is 1390 g/mol. The van der Waals surface area contributed by atoms with Crippen molar-refractivity contribution in [3.8, 4) is 0 Å². The zero-order valence-electron chi connectivity index (χ0n) is 31.1. The first-order chi connectivity index (χ1) is 26.8. The van der Waals surface area contributed by atoms with Crippen molar-refractivity contribution < 1.29 is 94.8 Å². The van der Waals surface area contributed by atoms with Crippen LogP contribution in [0, 0.1) is 11.8 Å². The van der Waals surface area contributed by atoms with Crippen LogP contribution in [0.3, 0.4) is 0 Å². The van der Waals surface area contributed by atoms with Crippen LogP contribution in [0.15, 0.2) is 0 Å². The standard InChI is InChI=1S/C33H57I5O19/c1-9-19-20(38(19)11(3)27-24(47)22(45)16(8-43)52-27)15(7-42)54-32(9)56-26-10(2)33(53-14(6-41)18(26)37)57-28(17(36)12(34)4-39)25(48)31(51)55-29(30(49)50)23(46)21(44)13(35)5-40/h9-33,39-51H,4-8H2,1-3H3/t9-,10-,11+,12?,13?,14?,15?,16?,17-,18-,19?,20-,21-,22-,23?,24?,25-,26?,27+,28?,29-,31-,32-,33-/m1/s1. The molecule has 0 aromatic carbocycles. The summed E-state index contributed by atoms with van der Waals surface area (Å²) in [6.07, 6.45) is -22.0. The van der Waals surface area contributed by atoms with E-state index in [2.05, 4.69) is 22.6 Å². The van der Waals surface area contributed by atoms with Gasteiger partial charge in [0, 0.05) is 0 Å². The van der Waals surface area contributed by atoms with Gasteiger partial charge in [-0.05, 0) is 0 Å². The van der Waals surface area contributed by atoms with Gasteiger partial charge in [0.05, 0.1) is 16.6 Å². The van der Waals surface area contributed by atoms with E-state index in [4.69, 9.17) is 28.4 Å². The number of rotatable bonds is 21. The van der Waals surface area contributed by atoms with Gasteiger partial charge in [0.1, 0.15) is 12.2 Å². The van der Waals surface area contributed by atoms with Crippen molar-refractivity contribution in [2.75, 3.05) is 33.0 Å². The van der Waals surface area contributed by atoms with Gasteiger partial charge in [-0.3, -0.25) is 0 Å². The van der Waals surface area contributed by atoms with E-state index in [1.807, 2.05) is 59.0 Å². The molecule has 4 saturated heterocycles. The Labute approximate surface area is 392 Å². The summed E-state index contributed by atoms with van der Waals surface area (Å²) in [5.74, 6) is -0.801. The molecule has 10 unspecified atom stereocenters. The number of alkyl halides is 7. The number of halogens is 5. The minimum atomic E-state index is -2.44. The second-order valence-electron chi connectivity index (χ2n) is 14.8. The smallest absolute Gasteiger partial charge is 0.395 e. The molecule has 4 fully saturated rings. The summed E-state index contributed by atoms with van der Waals surface area (Å²) >= 11 is 5.54. The molecule has 0 aromatic rings. The van der Waals surface area contributed by atoms with Gasteiger partial charge in [-0.25, -0.2) is 0 Å². The van der Waals surface area contributed by atoms with Gasteiger partial charge in [0.25, 0.3) is 0 Å². The van der Waals surface area contributed by atoms with Crippen LogP contribution in [0.4, 0.5) is 0 Å². The summed E-state index contributed by atoms with van der Waals surface area (Å²) in [5, 5.41) is 134. The Bertz CT molecular complexity index is 1220. The zero-order valence-corrected chi connectivity index (χ0v) is 41.9. The van der Waals surface area contributed by atoms with E-state index < -0.39 is 160 Å². The SMILES string of the molecule is C[C@@H]1C(O[C@H]2OC(CO)[C@@H]3C([C@H]2C)I3[C@@H](C)[C@@H]2OC(CO)[C@@H](O)C2O)[C@H](I)C(CO)O[C@@H]1OC([C@H](I)C(I)CO)[C@@H](O)[C@H](O)O[C@@H](C(O)O)C(O)[C@H](O)C(I)CO. The van der Waals surface area contributed by atoms with Crippen LogP contribution >= 0.6 is 110 Å². The number of fused-ring (bicyclic) bond motifs is 1. The third-order valence-corrected chi connectivity index (χ3v) is 26.7. The Morgan fingerprint density at radius 2 is 1.25 bits per heavy atom. The minimum absolute atomic E-state index is 0.0618. The molecule has 0 radical (unpaired) electrons. The number of ether oxygens (including phenoxy) is 6. The van der Waals surface area contributed by atoms with Crippen molar-refractivity contribution in [1.29, 1.82) is 0 Å². The number of aliphatic hydroxyl groups excluding tert-OH is 12. The fourth-order valence-corrected chi connectivity index (χ4v) is 21.0. The molecule has 57 heavy (non-hydrogen) atoms. The van der Waals surface area contributed by atoms with E-state index in [0.717, 1.165) is 0 Å². The molecular formula is C33H57I5O19. The van der Waals surface area contributed by atoms with Crippen LogP contribution in [0.25, 0.3) is 0 Å². The fourth-order valence-electron chi connectivity index (χ4n) is 7.59. The molecule has 0 aromatic heterocycles. The van der Waals surface area contributed by atoms with Gasteiger partial charge in [-0.1, -0.05) is 22.6 Å². The predicted molar refractivity (Wildman–Crippen MR) is 241 cm³/mol. The summed E-state index contributed by atoms with van der Waals surface area (Å²) in [5.41, 5.74) is 0. The van der Waals surface area contributed by atoms with Gasteiger partial charge in [-0.2, -0.15) is 0 Å². The summed E-state index contributed by atoms with van der Waals surface area (Å²) in [7, 11) is 0. The Hall–Kier alpha value is 2.89. The maximum atomic E-state index is 11.5. The van der Waals surface area contributed by atoms with Gasteiger partial charge >= 0.3 is 308 Å². The monoisotopic (exact) mass is 1390 g/mol. The van der Waals surface area contributed by atoms with Crippen LogP contribution in [0.2, 0.25) is 0 Å². The molecule has 0 saturated carbocycles. The zero-order chi connectivity index (χ0) is 42.8. The second-order valence-corrected chi connectivity index (χ2v) is 27.9. The molecule has 338 valence electrons. The van der Waals surface area contributed by atoms with E-state index >= 15 is 0 Å². The molecule has 0 aliphatic carbocycles. The van der Waals surface area contributed by atoms with E-state index in [1.54, 1.807) is 29.5 Å². The Morgan fingerprint density at radius 3 is 1.77 bits per heavy atom. The summed E-state index contributed by atoms with van der Waals surface area (Å²) in [6.45, 7) is 3.61. The van der Waals surface area contributed by atoms with Crippen LogP contribution in [0.1, 0.15) is 20.8 Å².